The van der Waals surface area contributed by atoms with Gasteiger partial charge in [0.05, 0.1) is 16.7 Å². The maximum atomic E-state index is 10.2. The summed E-state index contributed by atoms with van der Waals surface area (Å²) < 4.78 is 0. The highest BCUT2D eigenvalue weighted by atomic mass is 32.1. The van der Waals surface area contributed by atoms with Gasteiger partial charge in [-0.25, -0.2) is 4.98 Å². The van der Waals surface area contributed by atoms with Crippen LogP contribution in [0.5, 0.6) is 0 Å². The molecule has 0 fully saturated rings. The van der Waals surface area contributed by atoms with E-state index in [0.29, 0.717) is 0 Å². The van der Waals surface area contributed by atoms with E-state index < -0.39 is 0 Å². The molecule has 0 bridgehead atoms. The van der Waals surface area contributed by atoms with Crippen molar-refractivity contribution in [2.75, 3.05) is 0 Å². The SMILES string of the molecule is CCC(NC=O)c1csc(C)n1. The number of thiazole rings is 1. The lowest BCUT2D eigenvalue weighted by molar-refractivity contribution is -0.110. The van der Waals surface area contributed by atoms with E-state index in [1.54, 1.807) is 11.3 Å². The number of aryl methyl sites for hydroxylation is 1. The van der Waals surface area contributed by atoms with E-state index in [1.165, 1.54) is 0 Å². The average molecular weight is 184 g/mol. The van der Waals surface area contributed by atoms with E-state index in [-0.39, 0.29) is 6.04 Å². The van der Waals surface area contributed by atoms with Gasteiger partial charge in [-0.3, -0.25) is 4.79 Å². The smallest absolute Gasteiger partial charge is 0.207 e. The third-order valence-electron chi connectivity index (χ3n) is 1.67. The Kier molecular flexibility index (Phi) is 3.22. The molecule has 1 unspecified atom stereocenters. The zero-order chi connectivity index (χ0) is 8.97. The quantitative estimate of drug-likeness (QED) is 0.723. The average Bonchev–Trinajstić information content (AvgIpc) is 2.47. The molecule has 0 aliphatic rings. The minimum atomic E-state index is 0.0763. The number of aromatic nitrogens is 1. The monoisotopic (exact) mass is 184 g/mol. The number of carbonyl (C=O) groups is 1. The van der Waals surface area contributed by atoms with Crippen LogP contribution in [-0.4, -0.2) is 11.4 Å². The zero-order valence-corrected chi connectivity index (χ0v) is 8.02. The third kappa shape index (κ3) is 2.04. The van der Waals surface area contributed by atoms with Crippen LogP contribution in [0.1, 0.15) is 30.1 Å². The number of nitrogens with zero attached hydrogens (tertiary/aromatic N) is 1. The van der Waals surface area contributed by atoms with E-state index >= 15 is 0 Å². The Morgan fingerprint density at radius 3 is 3.00 bits per heavy atom. The van der Waals surface area contributed by atoms with Gasteiger partial charge in [0.25, 0.3) is 0 Å². The van der Waals surface area contributed by atoms with Crippen molar-refractivity contribution >= 4 is 17.7 Å². The lowest BCUT2D eigenvalue weighted by Gasteiger charge is -2.09. The summed E-state index contributed by atoms with van der Waals surface area (Å²) in [6.45, 7) is 3.98. The molecule has 0 aliphatic carbocycles. The van der Waals surface area contributed by atoms with Crippen LogP contribution in [0.25, 0.3) is 0 Å². The van der Waals surface area contributed by atoms with Gasteiger partial charge in [-0.15, -0.1) is 11.3 Å². The number of amides is 1. The van der Waals surface area contributed by atoms with Crippen LogP contribution in [-0.2, 0) is 4.79 Å². The Balaban J connectivity index is 2.72. The largest absolute Gasteiger partial charge is 0.350 e. The number of nitrogens with one attached hydrogen (secondary N) is 1. The van der Waals surface area contributed by atoms with Gasteiger partial charge in [-0.2, -0.15) is 0 Å². The summed E-state index contributed by atoms with van der Waals surface area (Å²) in [6.07, 6.45) is 1.60. The molecule has 3 nitrogen and oxygen atoms in total. The molecule has 1 aromatic heterocycles. The van der Waals surface area contributed by atoms with Gasteiger partial charge in [0.1, 0.15) is 0 Å². The van der Waals surface area contributed by atoms with Crippen molar-refractivity contribution in [3.05, 3.63) is 16.1 Å². The molecule has 4 heteroatoms. The molecule has 1 amide bonds. The van der Waals surface area contributed by atoms with Crippen LogP contribution < -0.4 is 5.32 Å². The maximum absolute atomic E-state index is 10.2. The van der Waals surface area contributed by atoms with E-state index in [2.05, 4.69) is 10.3 Å². The van der Waals surface area contributed by atoms with Crippen molar-refractivity contribution in [3.63, 3.8) is 0 Å². The molecule has 12 heavy (non-hydrogen) atoms. The number of hydrogen-bond acceptors (Lipinski definition) is 3. The first-order chi connectivity index (χ1) is 5.77. The summed E-state index contributed by atoms with van der Waals surface area (Å²) in [5, 5.41) is 5.75. The van der Waals surface area contributed by atoms with E-state index in [9.17, 15) is 4.79 Å². The fraction of sp³-hybridized carbons (Fsp3) is 0.500. The fourth-order valence-electron chi connectivity index (χ4n) is 1.03. The molecule has 0 saturated carbocycles. The van der Waals surface area contributed by atoms with Crippen molar-refractivity contribution in [2.24, 2.45) is 0 Å². The van der Waals surface area contributed by atoms with Gasteiger partial charge >= 0.3 is 0 Å². The molecule has 1 atom stereocenters. The molecule has 1 aromatic rings. The Hall–Kier alpha value is -0.900. The third-order valence-corrected chi connectivity index (χ3v) is 2.46. The Bertz CT molecular complexity index is 259. The molecule has 0 spiro atoms. The standard InChI is InChI=1S/C8H12N2OS/c1-3-7(9-5-11)8-4-12-6(2)10-8/h4-5,7H,3H2,1-2H3,(H,9,11). The number of carbonyl (C=O) groups excluding carboxylic acids is 1. The first kappa shape index (κ1) is 9.19. The fourth-order valence-corrected chi connectivity index (χ4v) is 1.70. The Morgan fingerprint density at radius 2 is 2.58 bits per heavy atom. The van der Waals surface area contributed by atoms with E-state index in [4.69, 9.17) is 0 Å². The Morgan fingerprint density at radius 1 is 1.83 bits per heavy atom. The van der Waals surface area contributed by atoms with Crippen molar-refractivity contribution in [1.82, 2.24) is 10.3 Å². The van der Waals surface area contributed by atoms with Crippen LogP contribution in [0.15, 0.2) is 5.38 Å². The lowest BCUT2D eigenvalue weighted by atomic mass is 10.2. The summed E-state index contributed by atoms with van der Waals surface area (Å²) in [4.78, 5) is 14.5. The van der Waals surface area contributed by atoms with Gasteiger partial charge in [0.15, 0.2) is 0 Å². The predicted octanol–water partition coefficient (Wildman–Crippen LogP) is 1.65. The molecule has 0 saturated heterocycles. The van der Waals surface area contributed by atoms with Crippen LogP contribution >= 0.6 is 11.3 Å². The molecular weight excluding hydrogens is 172 g/mol. The summed E-state index contributed by atoms with van der Waals surface area (Å²) in [5.74, 6) is 0. The summed E-state index contributed by atoms with van der Waals surface area (Å²) in [7, 11) is 0. The summed E-state index contributed by atoms with van der Waals surface area (Å²) in [5.41, 5.74) is 0.965. The molecule has 1 heterocycles. The van der Waals surface area contributed by atoms with Gasteiger partial charge in [0, 0.05) is 5.38 Å². The highest BCUT2D eigenvalue weighted by Gasteiger charge is 2.10. The lowest BCUT2D eigenvalue weighted by Crippen LogP contribution is -2.18. The van der Waals surface area contributed by atoms with Crippen LogP contribution in [0.4, 0.5) is 0 Å². The van der Waals surface area contributed by atoms with Crippen LogP contribution in [0, 0.1) is 6.92 Å². The second-order valence-corrected chi connectivity index (χ2v) is 3.60. The molecule has 66 valence electrons. The molecule has 1 N–H and O–H groups in total. The van der Waals surface area contributed by atoms with Crippen molar-refractivity contribution in [1.29, 1.82) is 0 Å². The normalized spacial score (nSPS) is 12.5. The highest BCUT2D eigenvalue weighted by molar-refractivity contribution is 7.09. The van der Waals surface area contributed by atoms with Crippen LogP contribution in [0.2, 0.25) is 0 Å². The summed E-state index contributed by atoms with van der Waals surface area (Å²) in [6, 6.07) is 0.0763. The highest BCUT2D eigenvalue weighted by Crippen LogP contribution is 2.17. The van der Waals surface area contributed by atoms with Gasteiger partial charge < -0.3 is 5.32 Å². The number of hydrogen-bond donors (Lipinski definition) is 1. The van der Waals surface area contributed by atoms with Gasteiger partial charge in [-0.1, -0.05) is 6.92 Å². The van der Waals surface area contributed by atoms with E-state index in [1.807, 2.05) is 19.2 Å². The van der Waals surface area contributed by atoms with E-state index in [0.717, 1.165) is 23.5 Å². The van der Waals surface area contributed by atoms with Crippen molar-refractivity contribution in [3.8, 4) is 0 Å². The molecule has 0 radical (unpaired) electrons. The molecule has 1 rings (SSSR count). The molecule has 0 aromatic carbocycles. The van der Waals surface area contributed by atoms with Crippen molar-refractivity contribution < 1.29 is 4.79 Å². The second-order valence-electron chi connectivity index (χ2n) is 2.54. The minimum absolute atomic E-state index is 0.0763. The van der Waals surface area contributed by atoms with Gasteiger partial charge in [0.2, 0.25) is 6.41 Å². The molecular formula is C8H12N2OS. The minimum Gasteiger partial charge on any atom is -0.350 e. The maximum Gasteiger partial charge on any atom is 0.207 e. The topological polar surface area (TPSA) is 42.0 Å². The van der Waals surface area contributed by atoms with Crippen molar-refractivity contribution in [2.45, 2.75) is 26.3 Å². The second kappa shape index (κ2) is 4.21. The zero-order valence-electron chi connectivity index (χ0n) is 7.20. The van der Waals surface area contributed by atoms with Gasteiger partial charge in [-0.05, 0) is 13.3 Å². The number of rotatable bonds is 4. The van der Waals surface area contributed by atoms with Crippen LogP contribution in [0.3, 0.4) is 0 Å². The Labute approximate surface area is 75.8 Å². The first-order valence-electron chi connectivity index (χ1n) is 3.89. The first-order valence-corrected chi connectivity index (χ1v) is 4.77. The molecule has 0 aliphatic heterocycles. The summed E-state index contributed by atoms with van der Waals surface area (Å²) >= 11 is 1.61. The predicted molar refractivity (Wildman–Crippen MR) is 49.1 cm³/mol.